The quantitative estimate of drug-likeness (QED) is 0.699. The van der Waals surface area contributed by atoms with Crippen molar-refractivity contribution in [1.29, 1.82) is 0 Å². The van der Waals surface area contributed by atoms with E-state index in [1.807, 2.05) is 4.90 Å². The molecule has 0 aliphatic rings. The van der Waals surface area contributed by atoms with Crippen molar-refractivity contribution in [3.63, 3.8) is 0 Å². The lowest BCUT2D eigenvalue weighted by atomic mass is 10.1. The standard InChI is InChI=1S/C14H19F2NO3/c1-20-7-5-17(4-6-18)3-2-14(19)11-8-12(15)10-13(16)9-11/h8-10,18H,2-7H2,1H3. The van der Waals surface area contributed by atoms with Crippen LogP contribution in [0.2, 0.25) is 0 Å². The van der Waals surface area contributed by atoms with E-state index in [1.54, 1.807) is 7.11 Å². The summed E-state index contributed by atoms with van der Waals surface area (Å²) in [7, 11) is 1.57. The fourth-order valence-corrected chi connectivity index (χ4v) is 1.82. The molecule has 0 aliphatic carbocycles. The third kappa shape index (κ3) is 5.73. The van der Waals surface area contributed by atoms with E-state index in [0.717, 1.165) is 18.2 Å². The molecular formula is C14H19F2NO3. The van der Waals surface area contributed by atoms with Crippen LogP contribution in [-0.2, 0) is 4.74 Å². The lowest BCUT2D eigenvalue weighted by molar-refractivity contribution is 0.0932. The van der Waals surface area contributed by atoms with Crippen molar-refractivity contribution < 1.29 is 23.4 Å². The molecule has 0 aromatic heterocycles. The molecule has 0 unspecified atom stereocenters. The minimum atomic E-state index is -0.764. The van der Waals surface area contributed by atoms with Gasteiger partial charge in [0.05, 0.1) is 13.2 Å². The number of rotatable bonds is 9. The Balaban J connectivity index is 2.55. The number of halogens is 2. The van der Waals surface area contributed by atoms with Crippen LogP contribution in [0.1, 0.15) is 16.8 Å². The van der Waals surface area contributed by atoms with Crippen LogP contribution in [0.25, 0.3) is 0 Å². The minimum absolute atomic E-state index is 0.0213. The Morgan fingerprint density at radius 1 is 1.20 bits per heavy atom. The smallest absolute Gasteiger partial charge is 0.164 e. The molecule has 1 rings (SSSR count). The van der Waals surface area contributed by atoms with Crippen LogP contribution in [0, 0.1) is 11.6 Å². The maximum atomic E-state index is 13.0. The summed E-state index contributed by atoms with van der Waals surface area (Å²) < 4.78 is 31.0. The first-order valence-electron chi connectivity index (χ1n) is 6.38. The minimum Gasteiger partial charge on any atom is -0.395 e. The van der Waals surface area contributed by atoms with Crippen molar-refractivity contribution >= 4 is 5.78 Å². The van der Waals surface area contributed by atoms with Crippen LogP contribution in [0.5, 0.6) is 0 Å². The number of benzene rings is 1. The molecule has 1 N–H and O–H groups in total. The molecule has 112 valence electrons. The maximum Gasteiger partial charge on any atom is 0.164 e. The number of carbonyl (C=O) groups excluding carboxylic acids is 1. The molecule has 4 nitrogen and oxygen atoms in total. The van der Waals surface area contributed by atoms with Gasteiger partial charge >= 0.3 is 0 Å². The number of Topliss-reactive ketones (excluding diaryl/α,β-unsaturated/α-hetero) is 1. The van der Waals surface area contributed by atoms with E-state index in [1.165, 1.54) is 0 Å². The lowest BCUT2D eigenvalue weighted by Crippen LogP contribution is -2.32. The number of carbonyl (C=O) groups is 1. The molecule has 6 heteroatoms. The maximum absolute atomic E-state index is 13.0. The molecule has 0 aliphatic heterocycles. The number of aliphatic hydroxyl groups excluding tert-OH is 1. The van der Waals surface area contributed by atoms with Gasteiger partial charge in [-0.25, -0.2) is 8.78 Å². The van der Waals surface area contributed by atoms with Gasteiger partial charge < -0.3 is 9.84 Å². The predicted octanol–water partition coefficient (Wildman–Crippen LogP) is 1.48. The first-order chi connectivity index (χ1) is 9.56. The summed E-state index contributed by atoms with van der Waals surface area (Å²) in [5.41, 5.74) is 0.0261. The molecule has 0 spiro atoms. The van der Waals surface area contributed by atoms with E-state index in [0.29, 0.717) is 26.2 Å². The molecule has 0 fully saturated rings. The molecule has 0 saturated heterocycles. The highest BCUT2D eigenvalue weighted by Crippen LogP contribution is 2.10. The van der Waals surface area contributed by atoms with Crippen molar-refractivity contribution in [1.82, 2.24) is 4.90 Å². The topological polar surface area (TPSA) is 49.8 Å². The third-order valence-electron chi connectivity index (χ3n) is 2.87. The molecule has 0 radical (unpaired) electrons. The average Bonchev–Trinajstić information content (AvgIpc) is 2.40. The number of nitrogens with zero attached hydrogens (tertiary/aromatic N) is 1. The Hall–Kier alpha value is -1.37. The highest BCUT2D eigenvalue weighted by Gasteiger charge is 2.12. The molecule has 0 heterocycles. The van der Waals surface area contributed by atoms with Gasteiger partial charge in [-0.15, -0.1) is 0 Å². The van der Waals surface area contributed by atoms with Gasteiger partial charge in [0.1, 0.15) is 11.6 Å². The predicted molar refractivity (Wildman–Crippen MR) is 70.7 cm³/mol. The first-order valence-corrected chi connectivity index (χ1v) is 6.38. The Kier molecular flexibility index (Phi) is 7.28. The zero-order chi connectivity index (χ0) is 15.0. The molecule has 1 aromatic carbocycles. The van der Waals surface area contributed by atoms with Crippen molar-refractivity contribution in [2.75, 3.05) is 40.0 Å². The van der Waals surface area contributed by atoms with Gasteiger partial charge in [0.25, 0.3) is 0 Å². The summed E-state index contributed by atoms with van der Waals surface area (Å²) in [6.45, 7) is 1.88. The second kappa shape index (κ2) is 8.73. The van der Waals surface area contributed by atoms with Crippen LogP contribution in [0.3, 0.4) is 0 Å². The zero-order valence-corrected chi connectivity index (χ0v) is 11.4. The summed E-state index contributed by atoms with van der Waals surface area (Å²) in [6, 6.07) is 2.78. The van der Waals surface area contributed by atoms with Gasteiger partial charge in [-0.1, -0.05) is 0 Å². The molecule has 0 saturated carbocycles. The molecular weight excluding hydrogens is 268 g/mol. The fraction of sp³-hybridized carbons (Fsp3) is 0.500. The first kappa shape index (κ1) is 16.7. The summed E-state index contributed by atoms with van der Waals surface area (Å²) in [4.78, 5) is 13.7. The van der Waals surface area contributed by atoms with E-state index in [9.17, 15) is 13.6 Å². The van der Waals surface area contributed by atoms with E-state index in [2.05, 4.69) is 0 Å². The largest absolute Gasteiger partial charge is 0.395 e. The number of ketones is 1. The van der Waals surface area contributed by atoms with Crippen molar-refractivity contribution in [2.45, 2.75) is 6.42 Å². The van der Waals surface area contributed by atoms with E-state index in [-0.39, 0.29) is 24.4 Å². The number of methoxy groups -OCH3 is 1. The average molecular weight is 287 g/mol. The van der Waals surface area contributed by atoms with Crippen LogP contribution >= 0.6 is 0 Å². The zero-order valence-electron chi connectivity index (χ0n) is 11.4. The van der Waals surface area contributed by atoms with Crippen LogP contribution in [0.4, 0.5) is 8.78 Å². The Labute approximate surface area is 117 Å². The van der Waals surface area contributed by atoms with Crippen LogP contribution < -0.4 is 0 Å². The molecule has 0 amide bonds. The number of ether oxygens (including phenoxy) is 1. The van der Waals surface area contributed by atoms with Crippen LogP contribution in [0.15, 0.2) is 18.2 Å². The second-order valence-corrected chi connectivity index (χ2v) is 4.39. The summed E-state index contributed by atoms with van der Waals surface area (Å²) in [6.07, 6.45) is 0.132. The van der Waals surface area contributed by atoms with Gasteiger partial charge in [-0.05, 0) is 12.1 Å². The summed E-state index contributed by atoms with van der Waals surface area (Å²) in [5, 5.41) is 8.92. The Morgan fingerprint density at radius 2 is 1.85 bits per heavy atom. The number of aliphatic hydroxyl groups is 1. The highest BCUT2D eigenvalue weighted by atomic mass is 19.1. The fourth-order valence-electron chi connectivity index (χ4n) is 1.82. The van der Waals surface area contributed by atoms with Gasteiger partial charge in [-0.3, -0.25) is 9.69 Å². The number of hydrogen-bond acceptors (Lipinski definition) is 4. The van der Waals surface area contributed by atoms with Crippen molar-refractivity contribution in [3.05, 3.63) is 35.4 Å². The SMILES string of the molecule is COCCN(CCO)CCC(=O)c1cc(F)cc(F)c1. The van der Waals surface area contributed by atoms with Gasteiger partial charge in [0.15, 0.2) is 5.78 Å². The van der Waals surface area contributed by atoms with E-state index >= 15 is 0 Å². The summed E-state index contributed by atoms with van der Waals surface area (Å²) in [5.74, 6) is -1.86. The number of hydrogen-bond donors (Lipinski definition) is 1. The van der Waals surface area contributed by atoms with Gasteiger partial charge in [0.2, 0.25) is 0 Å². The second-order valence-electron chi connectivity index (χ2n) is 4.39. The monoisotopic (exact) mass is 287 g/mol. The van der Waals surface area contributed by atoms with Crippen molar-refractivity contribution in [2.24, 2.45) is 0 Å². The van der Waals surface area contributed by atoms with E-state index in [4.69, 9.17) is 9.84 Å². The van der Waals surface area contributed by atoms with Crippen LogP contribution in [-0.4, -0.2) is 55.7 Å². The lowest BCUT2D eigenvalue weighted by Gasteiger charge is -2.20. The molecule has 0 atom stereocenters. The molecule has 0 bridgehead atoms. The highest BCUT2D eigenvalue weighted by molar-refractivity contribution is 5.96. The molecule has 20 heavy (non-hydrogen) atoms. The normalized spacial score (nSPS) is 11.1. The summed E-state index contributed by atoms with van der Waals surface area (Å²) >= 11 is 0. The Bertz CT molecular complexity index is 420. The van der Waals surface area contributed by atoms with Gasteiger partial charge in [0, 0.05) is 44.8 Å². The third-order valence-corrected chi connectivity index (χ3v) is 2.87. The Morgan fingerprint density at radius 3 is 2.40 bits per heavy atom. The van der Waals surface area contributed by atoms with Gasteiger partial charge in [-0.2, -0.15) is 0 Å². The van der Waals surface area contributed by atoms with E-state index < -0.39 is 11.6 Å². The van der Waals surface area contributed by atoms with Crippen molar-refractivity contribution in [3.8, 4) is 0 Å². The molecule has 1 aromatic rings.